The van der Waals surface area contributed by atoms with Gasteiger partial charge in [0.05, 0.1) is 21.4 Å². The molecular weight excluding hydrogens is 255 g/mol. The van der Waals surface area contributed by atoms with Crippen LogP contribution in [0, 0.1) is 11.8 Å². The summed E-state index contributed by atoms with van der Waals surface area (Å²) in [6, 6.07) is 3.50. The molecule has 1 aliphatic carbocycles. The number of rotatable bonds is 3. The molecule has 3 N–H and O–H groups in total. The van der Waals surface area contributed by atoms with Gasteiger partial charge in [0, 0.05) is 6.54 Å². The molecule has 94 valence electrons. The number of halogens is 2. The molecule has 2 unspecified atom stereocenters. The Morgan fingerprint density at radius 3 is 2.65 bits per heavy atom. The van der Waals surface area contributed by atoms with Crippen molar-refractivity contribution in [1.29, 1.82) is 0 Å². The fourth-order valence-corrected chi connectivity index (χ4v) is 2.82. The van der Waals surface area contributed by atoms with Crippen LogP contribution in [-0.2, 0) is 0 Å². The van der Waals surface area contributed by atoms with E-state index in [4.69, 9.17) is 28.9 Å². The topological polar surface area (TPSA) is 38.0 Å². The summed E-state index contributed by atoms with van der Waals surface area (Å²) in [5.41, 5.74) is 7.45. The molecular formula is C13H18Cl2N2. The molecule has 0 saturated heterocycles. The van der Waals surface area contributed by atoms with Crippen molar-refractivity contribution in [2.45, 2.75) is 26.2 Å². The lowest BCUT2D eigenvalue weighted by Gasteiger charge is -2.18. The van der Waals surface area contributed by atoms with Gasteiger partial charge in [-0.15, -0.1) is 0 Å². The standard InChI is InChI=1S/C13H18Cl2N2/c1-8-3-2-4-9(8)7-17-13-6-11(15)10(14)5-12(13)16/h5-6,8-9,17H,2-4,7,16H2,1H3. The van der Waals surface area contributed by atoms with E-state index in [-0.39, 0.29) is 0 Å². The van der Waals surface area contributed by atoms with Crippen LogP contribution < -0.4 is 11.1 Å². The van der Waals surface area contributed by atoms with E-state index in [1.54, 1.807) is 12.1 Å². The van der Waals surface area contributed by atoms with E-state index in [0.717, 1.165) is 24.1 Å². The first kappa shape index (κ1) is 12.8. The van der Waals surface area contributed by atoms with Crippen molar-refractivity contribution in [1.82, 2.24) is 0 Å². The van der Waals surface area contributed by atoms with Gasteiger partial charge in [-0.05, 0) is 30.4 Å². The second-order valence-corrected chi connectivity index (χ2v) is 5.72. The van der Waals surface area contributed by atoms with Crippen molar-refractivity contribution >= 4 is 34.6 Å². The Morgan fingerprint density at radius 2 is 2.00 bits per heavy atom. The fourth-order valence-electron chi connectivity index (χ4n) is 2.48. The first-order chi connectivity index (χ1) is 8.08. The van der Waals surface area contributed by atoms with Crippen molar-refractivity contribution in [2.24, 2.45) is 11.8 Å². The van der Waals surface area contributed by atoms with Crippen molar-refractivity contribution in [3.05, 3.63) is 22.2 Å². The molecule has 0 aliphatic heterocycles. The van der Waals surface area contributed by atoms with Crippen LogP contribution in [0.2, 0.25) is 10.0 Å². The van der Waals surface area contributed by atoms with Gasteiger partial charge in [0.15, 0.2) is 0 Å². The Balaban J connectivity index is 2.01. The number of nitrogens with one attached hydrogen (secondary N) is 1. The first-order valence-electron chi connectivity index (χ1n) is 6.06. The molecule has 17 heavy (non-hydrogen) atoms. The molecule has 1 aromatic rings. The molecule has 1 aliphatic rings. The van der Waals surface area contributed by atoms with Gasteiger partial charge in [0.1, 0.15) is 0 Å². The molecule has 2 nitrogen and oxygen atoms in total. The molecule has 0 heterocycles. The Morgan fingerprint density at radius 1 is 1.29 bits per heavy atom. The highest BCUT2D eigenvalue weighted by Crippen LogP contribution is 2.34. The van der Waals surface area contributed by atoms with Crippen LogP contribution in [0.15, 0.2) is 12.1 Å². The summed E-state index contributed by atoms with van der Waals surface area (Å²) in [4.78, 5) is 0. The predicted octanol–water partition coefficient (Wildman–Crippen LogP) is 4.42. The zero-order valence-corrected chi connectivity index (χ0v) is 11.5. The first-order valence-corrected chi connectivity index (χ1v) is 6.82. The maximum Gasteiger partial charge on any atom is 0.0614 e. The highest BCUT2D eigenvalue weighted by molar-refractivity contribution is 6.42. The Hall–Kier alpha value is -0.600. The van der Waals surface area contributed by atoms with E-state index in [2.05, 4.69) is 12.2 Å². The lowest BCUT2D eigenvalue weighted by atomic mass is 9.98. The molecule has 4 heteroatoms. The van der Waals surface area contributed by atoms with E-state index in [1.165, 1.54) is 19.3 Å². The van der Waals surface area contributed by atoms with Gasteiger partial charge >= 0.3 is 0 Å². The number of nitrogen functional groups attached to an aromatic ring is 1. The zero-order valence-electron chi connectivity index (χ0n) is 9.97. The molecule has 0 spiro atoms. The van der Waals surface area contributed by atoms with Gasteiger partial charge in [-0.3, -0.25) is 0 Å². The summed E-state index contributed by atoms with van der Waals surface area (Å²) in [5, 5.41) is 4.43. The number of anilines is 2. The second-order valence-electron chi connectivity index (χ2n) is 4.90. The Labute approximate surface area is 112 Å². The molecule has 1 saturated carbocycles. The quantitative estimate of drug-likeness (QED) is 0.800. The molecule has 1 fully saturated rings. The highest BCUT2D eigenvalue weighted by atomic mass is 35.5. The maximum atomic E-state index is 5.98. The van der Waals surface area contributed by atoms with E-state index in [0.29, 0.717) is 15.7 Å². The predicted molar refractivity (Wildman–Crippen MR) is 75.9 cm³/mol. The summed E-state index contributed by atoms with van der Waals surface area (Å²) >= 11 is 11.9. The third-order valence-corrected chi connectivity index (χ3v) is 4.41. The zero-order chi connectivity index (χ0) is 12.4. The van der Waals surface area contributed by atoms with Gasteiger partial charge in [-0.25, -0.2) is 0 Å². The minimum Gasteiger partial charge on any atom is -0.397 e. The molecule has 2 atom stereocenters. The molecule has 2 rings (SSSR count). The lowest BCUT2D eigenvalue weighted by Crippen LogP contribution is -2.17. The minimum atomic E-state index is 0.504. The average molecular weight is 273 g/mol. The molecule has 0 bridgehead atoms. The van der Waals surface area contributed by atoms with E-state index < -0.39 is 0 Å². The van der Waals surface area contributed by atoms with Crippen LogP contribution in [0.25, 0.3) is 0 Å². The summed E-state index contributed by atoms with van der Waals surface area (Å²) in [6.45, 7) is 3.28. The Kier molecular flexibility index (Phi) is 4.05. The van der Waals surface area contributed by atoms with E-state index in [9.17, 15) is 0 Å². The number of nitrogens with two attached hydrogens (primary N) is 1. The van der Waals surface area contributed by atoms with Crippen molar-refractivity contribution < 1.29 is 0 Å². The summed E-state index contributed by atoms with van der Waals surface area (Å²) in [6.07, 6.45) is 3.98. The number of hydrogen-bond donors (Lipinski definition) is 2. The smallest absolute Gasteiger partial charge is 0.0614 e. The third kappa shape index (κ3) is 2.99. The van der Waals surface area contributed by atoms with Gasteiger partial charge in [-0.1, -0.05) is 43.0 Å². The van der Waals surface area contributed by atoms with Crippen LogP contribution in [0.1, 0.15) is 26.2 Å². The summed E-state index contributed by atoms with van der Waals surface area (Å²) in [7, 11) is 0. The van der Waals surface area contributed by atoms with Gasteiger partial charge in [0.2, 0.25) is 0 Å². The van der Waals surface area contributed by atoms with Crippen LogP contribution in [0.4, 0.5) is 11.4 Å². The van der Waals surface area contributed by atoms with Crippen molar-refractivity contribution in [3.63, 3.8) is 0 Å². The van der Waals surface area contributed by atoms with Crippen molar-refractivity contribution in [3.8, 4) is 0 Å². The summed E-state index contributed by atoms with van der Waals surface area (Å²) < 4.78 is 0. The van der Waals surface area contributed by atoms with Gasteiger partial charge < -0.3 is 11.1 Å². The highest BCUT2D eigenvalue weighted by Gasteiger charge is 2.23. The van der Waals surface area contributed by atoms with E-state index >= 15 is 0 Å². The van der Waals surface area contributed by atoms with E-state index in [1.807, 2.05) is 0 Å². The molecule has 1 aromatic carbocycles. The summed E-state index contributed by atoms with van der Waals surface area (Å²) in [5.74, 6) is 1.54. The van der Waals surface area contributed by atoms with Crippen LogP contribution in [-0.4, -0.2) is 6.54 Å². The normalized spacial score (nSPS) is 23.9. The lowest BCUT2D eigenvalue weighted by molar-refractivity contribution is 0.440. The molecule has 0 radical (unpaired) electrons. The fraction of sp³-hybridized carbons (Fsp3) is 0.538. The SMILES string of the molecule is CC1CCCC1CNc1cc(Cl)c(Cl)cc1N. The van der Waals surface area contributed by atoms with Crippen LogP contribution >= 0.6 is 23.2 Å². The largest absolute Gasteiger partial charge is 0.397 e. The van der Waals surface area contributed by atoms with Gasteiger partial charge in [-0.2, -0.15) is 0 Å². The average Bonchev–Trinajstić information content (AvgIpc) is 2.68. The maximum absolute atomic E-state index is 5.98. The third-order valence-electron chi connectivity index (χ3n) is 3.69. The van der Waals surface area contributed by atoms with Gasteiger partial charge in [0.25, 0.3) is 0 Å². The van der Waals surface area contributed by atoms with Crippen LogP contribution in [0.5, 0.6) is 0 Å². The number of benzene rings is 1. The minimum absolute atomic E-state index is 0.504. The van der Waals surface area contributed by atoms with Crippen molar-refractivity contribution in [2.75, 3.05) is 17.6 Å². The Bertz CT molecular complexity index is 407. The van der Waals surface area contributed by atoms with Crippen LogP contribution in [0.3, 0.4) is 0 Å². The number of hydrogen-bond acceptors (Lipinski definition) is 2. The monoisotopic (exact) mass is 272 g/mol. The molecule has 0 amide bonds. The second kappa shape index (κ2) is 5.36. The molecule has 0 aromatic heterocycles.